The van der Waals surface area contributed by atoms with Crippen molar-refractivity contribution in [1.29, 1.82) is 0 Å². The fourth-order valence-corrected chi connectivity index (χ4v) is 3.23. The standard InChI is InChI=1S/C20H28N2O2S/c1-20(2,3)16-6-8-17(9-7-16)24-13-19(23)21-12-18(22(4)5)15-10-11-25-14-15/h6-11,14,18H,12-13H2,1-5H3,(H,21,23). The van der Waals surface area contributed by atoms with Gasteiger partial charge in [-0.3, -0.25) is 4.79 Å². The maximum absolute atomic E-state index is 12.1. The lowest BCUT2D eigenvalue weighted by Crippen LogP contribution is -2.36. The molecular weight excluding hydrogens is 332 g/mol. The Morgan fingerprint density at radius 3 is 2.40 bits per heavy atom. The van der Waals surface area contributed by atoms with Crippen LogP contribution in [-0.2, 0) is 10.2 Å². The van der Waals surface area contributed by atoms with Crippen LogP contribution in [0.25, 0.3) is 0 Å². The molecule has 0 bridgehead atoms. The van der Waals surface area contributed by atoms with Gasteiger partial charge < -0.3 is 15.0 Å². The third kappa shape index (κ3) is 5.87. The molecule has 0 radical (unpaired) electrons. The number of likely N-dealkylation sites (N-methyl/N-ethyl adjacent to an activating group) is 1. The summed E-state index contributed by atoms with van der Waals surface area (Å²) in [6.45, 7) is 7.11. The number of hydrogen-bond acceptors (Lipinski definition) is 4. The van der Waals surface area contributed by atoms with Gasteiger partial charge in [-0.2, -0.15) is 11.3 Å². The third-order valence-electron chi connectivity index (χ3n) is 4.13. The number of carbonyl (C=O) groups is 1. The molecule has 1 unspecified atom stereocenters. The number of ether oxygens (including phenoxy) is 1. The zero-order chi connectivity index (χ0) is 18.4. The predicted octanol–water partition coefficient (Wildman–Crippen LogP) is 3.84. The van der Waals surface area contributed by atoms with E-state index < -0.39 is 0 Å². The summed E-state index contributed by atoms with van der Waals surface area (Å²) in [6, 6.07) is 10.2. The van der Waals surface area contributed by atoms with Crippen LogP contribution in [0.2, 0.25) is 0 Å². The van der Waals surface area contributed by atoms with Crippen LogP contribution in [0.3, 0.4) is 0 Å². The first kappa shape index (κ1) is 19.5. The van der Waals surface area contributed by atoms with Crippen LogP contribution in [0.4, 0.5) is 0 Å². The van der Waals surface area contributed by atoms with Crippen LogP contribution in [0, 0.1) is 0 Å². The summed E-state index contributed by atoms with van der Waals surface area (Å²) < 4.78 is 5.60. The van der Waals surface area contributed by atoms with Crippen LogP contribution >= 0.6 is 11.3 Å². The topological polar surface area (TPSA) is 41.6 Å². The first-order valence-electron chi connectivity index (χ1n) is 8.46. The van der Waals surface area contributed by atoms with Gasteiger partial charge in [0.05, 0.1) is 6.04 Å². The van der Waals surface area contributed by atoms with Crippen molar-refractivity contribution in [1.82, 2.24) is 10.2 Å². The zero-order valence-electron chi connectivity index (χ0n) is 15.7. The van der Waals surface area contributed by atoms with Crippen molar-refractivity contribution in [3.8, 4) is 5.75 Å². The minimum atomic E-state index is -0.109. The second kappa shape index (κ2) is 8.50. The summed E-state index contributed by atoms with van der Waals surface area (Å²) in [6.07, 6.45) is 0. The van der Waals surface area contributed by atoms with E-state index in [1.54, 1.807) is 11.3 Å². The molecular formula is C20H28N2O2S. The molecule has 0 spiro atoms. The van der Waals surface area contributed by atoms with Crippen molar-refractivity contribution in [2.45, 2.75) is 32.2 Å². The molecule has 2 aromatic rings. The molecule has 1 heterocycles. The van der Waals surface area contributed by atoms with E-state index in [0.29, 0.717) is 12.3 Å². The van der Waals surface area contributed by atoms with Crippen molar-refractivity contribution in [2.24, 2.45) is 0 Å². The summed E-state index contributed by atoms with van der Waals surface area (Å²) in [5, 5.41) is 7.13. The van der Waals surface area contributed by atoms with E-state index in [2.05, 4.69) is 47.8 Å². The highest BCUT2D eigenvalue weighted by Gasteiger charge is 2.16. The Morgan fingerprint density at radius 2 is 1.88 bits per heavy atom. The average Bonchev–Trinajstić information content (AvgIpc) is 3.06. The first-order chi connectivity index (χ1) is 11.8. The number of benzene rings is 1. The monoisotopic (exact) mass is 360 g/mol. The molecule has 1 amide bonds. The molecule has 1 aromatic carbocycles. The molecule has 0 aliphatic rings. The maximum atomic E-state index is 12.1. The highest BCUT2D eigenvalue weighted by molar-refractivity contribution is 7.07. The number of hydrogen-bond donors (Lipinski definition) is 1. The summed E-state index contributed by atoms with van der Waals surface area (Å²) in [4.78, 5) is 14.2. The number of rotatable bonds is 7. The van der Waals surface area contributed by atoms with Crippen molar-refractivity contribution in [3.05, 3.63) is 52.2 Å². The molecule has 2 rings (SSSR count). The summed E-state index contributed by atoms with van der Waals surface area (Å²) >= 11 is 1.67. The van der Waals surface area contributed by atoms with Crippen LogP contribution in [0.5, 0.6) is 5.75 Å². The molecule has 0 aliphatic heterocycles. The molecule has 1 atom stereocenters. The van der Waals surface area contributed by atoms with Gasteiger partial charge >= 0.3 is 0 Å². The molecule has 1 N–H and O–H groups in total. The minimum absolute atomic E-state index is 0.0264. The minimum Gasteiger partial charge on any atom is -0.484 e. The summed E-state index contributed by atoms with van der Waals surface area (Å²) in [7, 11) is 4.03. The van der Waals surface area contributed by atoms with Crippen LogP contribution < -0.4 is 10.1 Å². The van der Waals surface area contributed by atoms with Gasteiger partial charge in [0.2, 0.25) is 0 Å². The number of thiophene rings is 1. The predicted molar refractivity (Wildman–Crippen MR) is 104 cm³/mol. The molecule has 0 aliphatic carbocycles. The van der Waals surface area contributed by atoms with Crippen molar-refractivity contribution in [2.75, 3.05) is 27.2 Å². The molecule has 0 fully saturated rings. The van der Waals surface area contributed by atoms with Gasteiger partial charge in [0, 0.05) is 6.54 Å². The smallest absolute Gasteiger partial charge is 0.258 e. The van der Waals surface area contributed by atoms with Crippen LogP contribution in [-0.4, -0.2) is 38.1 Å². The second-order valence-electron chi connectivity index (χ2n) is 7.40. The molecule has 25 heavy (non-hydrogen) atoms. The van der Waals surface area contributed by atoms with E-state index in [0.717, 1.165) is 0 Å². The van der Waals surface area contributed by atoms with Crippen LogP contribution in [0.1, 0.15) is 37.9 Å². The fraction of sp³-hybridized carbons (Fsp3) is 0.450. The maximum Gasteiger partial charge on any atom is 0.258 e. The number of amides is 1. The highest BCUT2D eigenvalue weighted by atomic mass is 32.1. The molecule has 0 saturated heterocycles. The molecule has 4 nitrogen and oxygen atoms in total. The molecule has 136 valence electrons. The Morgan fingerprint density at radius 1 is 1.20 bits per heavy atom. The first-order valence-corrected chi connectivity index (χ1v) is 9.40. The van der Waals surface area contributed by atoms with Gasteiger partial charge in [-0.05, 0) is 59.6 Å². The SMILES string of the molecule is CN(C)C(CNC(=O)COc1ccc(C(C)(C)C)cc1)c1ccsc1. The van der Waals surface area contributed by atoms with Gasteiger partial charge in [0.15, 0.2) is 6.61 Å². The number of nitrogens with zero attached hydrogens (tertiary/aromatic N) is 1. The van der Waals surface area contributed by atoms with Gasteiger partial charge in [-0.1, -0.05) is 32.9 Å². The van der Waals surface area contributed by atoms with Crippen molar-refractivity contribution >= 4 is 17.2 Å². The van der Waals surface area contributed by atoms with Crippen molar-refractivity contribution < 1.29 is 9.53 Å². The average molecular weight is 361 g/mol. The fourth-order valence-electron chi connectivity index (χ4n) is 2.52. The summed E-state index contributed by atoms with van der Waals surface area (Å²) in [5.74, 6) is 0.604. The molecule has 0 saturated carbocycles. The second-order valence-corrected chi connectivity index (χ2v) is 8.18. The van der Waals surface area contributed by atoms with Gasteiger partial charge in [-0.15, -0.1) is 0 Å². The Hall–Kier alpha value is -1.85. The number of carbonyl (C=O) groups excluding carboxylic acids is 1. The van der Waals surface area contributed by atoms with E-state index >= 15 is 0 Å². The van der Waals surface area contributed by atoms with Crippen LogP contribution in [0.15, 0.2) is 41.1 Å². The molecule has 1 aromatic heterocycles. The Bertz CT molecular complexity index is 658. The highest BCUT2D eigenvalue weighted by Crippen LogP contribution is 2.24. The van der Waals surface area contributed by atoms with E-state index in [9.17, 15) is 4.79 Å². The normalized spacial score (nSPS) is 12.9. The van der Waals surface area contributed by atoms with E-state index in [4.69, 9.17) is 4.74 Å². The van der Waals surface area contributed by atoms with E-state index in [1.165, 1.54) is 11.1 Å². The quantitative estimate of drug-likeness (QED) is 0.815. The summed E-state index contributed by atoms with van der Waals surface area (Å²) in [5.41, 5.74) is 2.57. The molecule has 5 heteroatoms. The van der Waals surface area contributed by atoms with E-state index in [-0.39, 0.29) is 24.0 Å². The zero-order valence-corrected chi connectivity index (χ0v) is 16.5. The Balaban J connectivity index is 1.82. The lowest BCUT2D eigenvalue weighted by molar-refractivity contribution is -0.123. The number of nitrogens with one attached hydrogen (secondary N) is 1. The Labute approximate surface area is 154 Å². The van der Waals surface area contributed by atoms with Gasteiger partial charge in [-0.25, -0.2) is 0 Å². The van der Waals surface area contributed by atoms with E-state index in [1.807, 2.05) is 38.4 Å². The third-order valence-corrected chi connectivity index (χ3v) is 4.84. The van der Waals surface area contributed by atoms with Crippen molar-refractivity contribution in [3.63, 3.8) is 0 Å². The lowest BCUT2D eigenvalue weighted by Gasteiger charge is -2.24. The Kier molecular flexibility index (Phi) is 6.62. The lowest BCUT2D eigenvalue weighted by atomic mass is 9.87. The van der Waals surface area contributed by atoms with Gasteiger partial charge in [0.25, 0.3) is 5.91 Å². The van der Waals surface area contributed by atoms with Gasteiger partial charge in [0.1, 0.15) is 5.75 Å². The largest absolute Gasteiger partial charge is 0.484 e.